The zero-order valence-corrected chi connectivity index (χ0v) is 11.0. The van der Waals surface area contributed by atoms with E-state index in [1.54, 1.807) is 11.6 Å². The van der Waals surface area contributed by atoms with Gasteiger partial charge in [-0.3, -0.25) is 4.68 Å². The molecular formula is C14H19N3O. The summed E-state index contributed by atoms with van der Waals surface area (Å²) in [5, 5.41) is 13.6. The molecule has 0 saturated heterocycles. The van der Waals surface area contributed by atoms with Crippen molar-refractivity contribution in [3.8, 4) is 0 Å². The van der Waals surface area contributed by atoms with E-state index in [1.165, 1.54) is 5.56 Å². The number of nitrogens with zero attached hydrogens (tertiary/aromatic N) is 3. The van der Waals surface area contributed by atoms with Gasteiger partial charge in [-0.25, -0.2) is 0 Å². The maximum Gasteiger partial charge on any atom is 0.0761 e. The number of benzene rings is 1. The molecule has 2 aromatic rings. The number of aromatic nitrogens is 2. The van der Waals surface area contributed by atoms with Crippen LogP contribution in [0, 0.1) is 0 Å². The van der Waals surface area contributed by atoms with Crippen molar-refractivity contribution < 1.29 is 5.11 Å². The first-order chi connectivity index (χ1) is 8.56. The van der Waals surface area contributed by atoms with Gasteiger partial charge in [-0.05, 0) is 24.6 Å². The second-order valence-electron chi connectivity index (χ2n) is 4.65. The fourth-order valence-electron chi connectivity index (χ4n) is 1.93. The molecule has 1 heterocycles. The van der Waals surface area contributed by atoms with Gasteiger partial charge in [-0.1, -0.05) is 12.1 Å². The second-order valence-corrected chi connectivity index (χ2v) is 4.65. The van der Waals surface area contributed by atoms with Crippen LogP contribution in [0.2, 0.25) is 0 Å². The Balaban J connectivity index is 2.06. The number of aliphatic hydroxyl groups excluding tert-OH is 1. The minimum atomic E-state index is -0.414. The molecule has 0 spiro atoms. The van der Waals surface area contributed by atoms with Crippen LogP contribution < -0.4 is 4.90 Å². The third-order valence-corrected chi connectivity index (χ3v) is 2.99. The van der Waals surface area contributed by atoms with Gasteiger partial charge in [-0.15, -0.1) is 0 Å². The smallest absolute Gasteiger partial charge is 0.0761 e. The molecular weight excluding hydrogens is 226 g/mol. The molecule has 4 nitrogen and oxygen atoms in total. The number of anilines is 1. The molecule has 1 N–H and O–H groups in total. The first-order valence-corrected chi connectivity index (χ1v) is 6.03. The molecule has 18 heavy (non-hydrogen) atoms. The molecule has 0 amide bonds. The molecule has 1 aromatic heterocycles. The molecule has 0 saturated carbocycles. The van der Waals surface area contributed by atoms with Crippen molar-refractivity contribution in [2.75, 3.05) is 11.9 Å². The Labute approximate surface area is 107 Å². The third-order valence-electron chi connectivity index (χ3n) is 2.99. The van der Waals surface area contributed by atoms with Gasteiger partial charge in [0.15, 0.2) is 0 Å². The maximum atomic E-state index is 9.47. The molecule has 96 valence electrons. The summed E-state index contributed by atoms with van der Waals surface area (Å²) >= 11 is 0. The average Bonchev–Trinajstić information content (AvgIpc) is 2.75. The van der Waals surface area contributed by atoms with Crippen molar-refractivity contribution in [3.63, 3.8) is 0 Å². The molecule has 0 fully saturated rings. The van der Waals surface area contributed by atoms with E-state index in [4.69, 9.17) is 0 Å². The Morgan fingerprint density at radius 1 is 1.33 bits per heavy atom. The van der Waals surface area contributed by atoms with Crippen LogP contribution in [-0.2, 0) is 13.6 Å². The topological polar surface area (TPSA) is 41.3 Å². The van der Waals surface area contributed by atoms with E-state index in [0.717, 1.165) is 17.8 Å². The molecule has 0 aliphatic carbocycles. The van der Waals surface area contributed by atoms with Crippen LogP contribution in [0.4, 0.5) is 5.69 Å². The fourth-order valence-corrected chi connectivity index (χ4v) is 1.93. The summed E-state index contributed by atoms with van der Waals surface area (Å²) in [7, 11) is 3.96. The van der Waals surface area contributed by atoms with Gasteiger partial charge in [0.1, 0.15) is 0 Å². The van der Waals surface area contributed by atoms with Crippen molar-refractivity contribution in [1.82, 2.24) is 9.78 Å². The number of hydrogen-bond acceptors (Lipinski definition) is 3. The van der Waals surface area contributed by atoms with Crippen LogP contribution in [0.1, 0.15) is 24.2 Å². The lowest BCUT2D eigenvalue weighted by molar-refractivity contribution is 0.199. The number of rotatable bonds is 4. The van der Waals surface area contributed by atoms with E-state index in [2.05, 4.69) is 10.00 Å². The predicted octanol–water partition coefficient (Wildman–Crippen LogP) is 2.11. The summed E-state index contributed by atoms with van der Waals surface area (Å²) in [4.78, 5) is 2.16. The first-order valence-electron chi connectivity index (χ1n) is 6.03. The number of hydrogen-bond donors (Lipinski definition) is 1. The standard InChI is InChI=1S/C14H19N3O/c1-11(18)13-4-6-14(7-5-13)16(2)9-12-8-15-17(3)10-12/h4-8,10-11,18H,9H2,1-3H3/t11-/m1/s1. The van der Waals surface area contributed by atoms with Gasteiger partial charge in [0.2, 0.25) is 0 Å². The monoisotopic (exact) mass is 245 g/mol. The SMILES string of the molecule is C[C@@H](O)c1ccc(N(C)Cc2cnn(C)c2)cc1. The Bertz CT molecular complexity index is 502. The average molecular weight is 245 g/mol. The van der Waals surface area contributed by atoms with Crippen LogP contribution in [0.25, 0.3) is 0 Å². The van der Waals surface area contributed by atoms with Gasteiger partial charge in [0.25, 0.3) is 0 Å². The summed E-state index contributed by atoms with van der Waals surface area (Å²) in [6.07, 6.45) is 3.48. The van der Waals surface area contributed by atoms with Crippen molar-refractivity contribution in [1.29, 1.82) is 0 Å². The van der Waals surface area contributed by atoms with E-state index in [0.29, 0.717) is 0 Å². The predicted molar refractivity (Wildman–Crippen MR) is 72.4 cm³/mol. The quantitative estimate of drug-likeness (QED) is 0.897. The number of aryl methyl sites for hydroxylation is 1. The maximum absolute atomic E-state index is 9.47. The molecule has 0 aliphatic heterocycles. The summed E-state index contributed by atoms with van der Waals surface area (Å²) in [5.41, 5.74) is 3.25. The van der Waals surface area contributed by atoms with Crippen molar-refractivity contribution >= 4 is 5.69 Å². The zero-order chi connectivity index (χ0) is 13.1. The molecule has 4 heteroatoms. The second kappa shape index (κ2) is 5.23. The summed E-state index contributed by atoms with van der Waals surface area (Å²) < 4.78 is 1.81. The normalized spacial score (nSPS) is 12.4. The van der Waals surface area contributed by atoms with Crippen LogP contribution >= 0.6 is 0 Å². The Kier molecular flexibility index (Phi) is 3.67. The van der Waals surface area contributed by atoms with E-state index in [1.807, 2.05) is 50.8 Å². The van der Waals surface area contributed by atoms with E-state index >= 15 is 0 Å². The lowest BCUT2D eigenvalue weighted by atomic mass is 10.1. The van der Waals surface area contributed by atoms with Gasteiger partial charge in [-0.2, -0.15) is 5.10 Å². The molecule has 1 aromatic carbocycles. The highest BCUT2D eigenvalue weighted by Crippen LogP contribution is 2.19. The summed E-state index contributed by atoms with van der Waals surface area (Å²) in [6, 6.07) is 7.97. The highest BCUT2D eigenvalue weighted by atomic mass is 16.3. The Hall–Kier alpha value is -1.81. The lowest BCUT2D eigenvalue weighted by Crippen LogP contribution is -2.15. The first kappa shape index (κ1) is 12.6. The molecule has 0 aliphatic rings. The highest BCUT2D eigenvalue weighted by Gasteiger charge is 2.05. The van der Waals surface area contributed by atoms with Crippen LogP contribution in [0.5, 0.6) is 0 Å². The Morgan fingerprint density at radius 2 is 2.00 bits per heavy atom. The summed E-state index contributed by atoms with van der Waals surface area (Å²) in [5.74, 6) is 0. The number of aliphatic hydroxyl groups is 1. The van der Waals surface area contributed by atoms with E-state index in [9.17, 15) is 5.11 Å². The largest absolute Gasteiger partial charge is 0.389 e. The minimum absolute atomic E-state index is 0.414. The van der Waals surface area contributed by atoms with Crippen molar-refractivity contribution in [3.05, 3.63) is 47.8 Å². The highest BCUT2D eigenvalue weighted by molar-refractivity contribution is 5.47. The van der Waals surface area contributed by atoms with Crippen molar-refractivity contribution in [2.45, 2.75) is 19.6 Å². The van der Waals surface area contributed by atoms with Gasteiger partial charge in [0.05, 0.1) is 12.3 Å². The van der Waals surface area contributed by atoms with E-state index in [-0.39, 0.29) is 0 Å². The molecule has 0 unspecified atom stereocenters. The van der Waals surface area contributed by atoms with Crippen LogP contribution in [0.15, 0.2) is 36.7 Å². The van der Waals surface area contributed by atoms with Crippen LogP contribution in [-0.4, -0.2) is 21.9 Å². The van der Waals surface area contributed by atoms with Crippen LogP contribution in [0.3, 0.4) is 0 Å². The summed E-state index contributed by atoms with van der Waals surface area (Å²) in [6.45, 7) is 2.59. The van der Waals surface area contributed by atoms with Crippen molar-refractivity contribution in [2.24, 2.45) is 7.05 Å². The molecule has 0 radical (unpaired) electrons. The Morgan fingerprint density at radius 3 is 2.50 bits per heavy atom. The fraction of sp³-hybridized carbons (Fsp3) is 0.357. The lowest BCUT2D eigenvalue weighted by Gasteiger charge is -2.19. The van der Waals surface area contributed by atoms with Gasteiger partial charge >= 0.3 is 0 Å². The third kappa shape index (κ3) is 2.90. The molecule has 2 rings (SSSR count). The minimum Gasteiger partial charge on any atom is -0.389 e. The zero-order valence-electron chi connectivity index (χ0n) is 11.0. The van der Waals surface area contributed by atoms with Gasteiger partial charge in [0, 0.05) is 38.1 Å². The molecule has 0 bridgehead atoms. The van der Waals surface area contributed by atoms with E-state index < -0.39 is 6.10 Å². The molecule has 1 atom stereocenters. The van der Waals surface area contributed by atoms with Gasteiger partial charge < -0.3 is 10.0 Å².